The van der Waals surface area contributed by atoms with E-state index in [-0.39, 0.29) is 5.97 Å². The molecule has 21 heavy (non-hydrogen) atoms. The van der Waals surface area contributed by atoms with E-state index in [0.29, 0.717) is 30.4 Å². The minimum Gasteiger partial charge on any atom is -0.493 e. The van der Waals surface area contributed by atoms with Gasteiger partial charge in [-0.3, -0.25) is 4.79 Å². The van der Waals surface area contributed by atoms with E-state index in [9.17, 15) is 4.79 Å². The second kappa shape index (κ2) is 6.35. The van der Waals surface area contributed by atoms with Gasteiger partial charge in [0.2, 0.25) is 0 Å². The van der Waals surface area contributed by atoms with Crippen LogP contribution in [0.25, 0.3) is 0 Å². The predicted molar refractivity (Wildman–Crippen MR) is 79.5 cm³/mol. The van der Waals surface area contributed by atoms with Crippen LogP contribution in [0.15, 0.2) is 18.2 Å². The lowest BCUT2D eigenvalue weighted by Crippen LogP contribution is -2.43. The molecule has 0 bridgehead atoms. The molecule has 116 valence electrons. The van der Waals surface area contributed by atoms with Gasteiger partial charge in [0.25, 0.3) is 0 Å². The van der Waals surface area contributed by atoms with Crippen molar-refractivity contribution < 1.29 is 19.0 Å². The van der Waals surface area contributed by atoms with E-state index in [4.69, 9.17) is 19.9 Å². The lowest BCUT2D eigenvalue weighted by Gasteiger charge is -2.30. The van der Waals surface area contributed by atoms with Gasteiger partial charge in [-0.05, 0) is 42.9 Å². The summed E-state index contributed by atoms with van der Waals surface area (Å²) in [4.78, 5) is 12.3. The summed E-state index contributed by atoms with van der Waals surface area (Å²) in [6, 6.07) is 5.69. The molecule has 2 rings (SSSR count). The molecule has 0 radical (unpaired) electrons. The Morgan fingerprint density at radius 1 is 1.24 bits per heavy atom. The second-order valence-corrected chi connectivity index (χ2v) is 5.49. The Bertz CT molecular complexity index is 513. The van der Waals surface area contributed by atoms with Crippen molar-refractivity contribution in [1.29, 1.82) is 0 Å². The zero-order chi connectivity index (χ0) is 15.5. The molecule has 0 spiro atoms. The van der Waals surface area contributed by atoms with Crippen molar-refractivity contribution in [2.24, 2.45) is 17.1 Å². The van der Waals surface area contributed by atoms with Gasteiger partial charge in [0.1, 0.15) is 0 Å². The molecule has 1 aliphatic rings. The van der Waals surface area contributed by atoms with E-state index in [0.717, 1.165) is 18.4 Å². The summed E-state index contributed by atoms with van der Waals surface area (Å²) in [5.41, 5.74) is 6.31. The van der Waals surface area contributed by atoms with Crippen LogP contribution in [0.5, 0.6) is 11.5 Å². The van der Waals surface area contributed by atoms with Gasteiger partial charge < -0.3 is 19.9 Å². The van der Waals surface area contributed by atoms with Crippen LogP contribution >= 0.6 is 0 Å². The standard InChI is InChI=1S/C16H23NO4/c1-19-13-7-4-11(8-14(13)20-2)9-16(10-17,12-5-6-12)15(18)21-3/h4,7-8,12H,5-6,9-10,17H2,1-3H3. The number of carbonyl (C=O) groups excluding carboxylic acids is 1. The van der Waals surface area contributed by atoms with Crippen LogP contribution in [-0.4, -0.2) is 33.8 Å². The van der Waals surface area contributed by atoms with Gasteiger partial charge in [-0.1, -0.05) is 6.07 Å². The average Bonchev–Trinajstić information content (AvgIpc) is 3.36. The number of esters is 1. The molecule has 5 nitrogen and oxygen atoms in total. The smallest absolute Gasteiger partial charge is 0.313 e. The first-order chi connectivity index (χ1) is 10.1. The third-order valence-electron chi connectivity index (χ3n) is 4.28. The summed E-state index contributed by atoms with van der Waals surface area (Å²) < 4.78 is 15.6. The summed E-state index contributed by atoms with van der Waals surface area (Å²) >= 11 is 0. The molecule has 0 amide bonds. The van der Waals surface area contributed by atoms with E-state index in [1.807, 2.05) is 18.2 Å². The monoisotopic (exact) mass is 293 g/mol. The Kier molecular flexibility index (Phi) is 4.73. The molecule has 1 unspecified atom stereocenters. The minimum absolute atomic E-state index is 0.220. The highest BCUT2D eigenvalue weighted by atomic mass is 16.5. The summed E-state index contributed by atoms with van der Waals surface area (Å²) in [5.74, 6) is 1.41. The maximum absolute atomic E-state index is 12.3. The number of benzene rings is 1. The van der Waals surface area contributed by atoms with Gasteiger partial charge in [0, 0.05) is 6.54 Å². The highest BCUT2D eigenvalue weighted by Gasteiger charge is 2.50. The summed E-state index contributed by atoms with van der Waals surface area (Å²) in [6.07, 6.45) is 2.61. The summed E-state index contributed by atoms with van der Waals surface area (Å²) in [6.45, 7) is 0.290. The predicted octanol–water partition coefficient (Wildman–Crippen LogP) is 1.77. The van der Waals surface area contributed by atoms with Crippen molar-refractivity contribution >= 4 is 5.97 Å². The highest BCUT2D eigenvalue weighted by Crippen LogP contribution is 2.48. The first kappa shape index (κ1) is 15.6. The van der Waals surface area contributed by atoms with Gasteiger partial charge in [0.15, 0.2) is 11.5 Å². The quantitative estimate of drug-likeness (QED) is 0.776. The molecule has 2 N–H and O–H groups in total. The van der Waals surface area contributed by atoms with Crippen LogP contribution in [0.3, 0.4) is 0 Å². The zero-order valence-electron chi connectivity index (χ0n) is 12.8. The average molecular weight is 293 g/mol. The topological polar surface area (TPSA) is 70.8 Å². The van der Waals surface area contributed by atoms with Crippen molar-refractivity contribution in [2.75, 3.05) is 27.9 Å². The van der Waals surface area contributed by atoms with Gasteiger partial charge in [-0.2, -0.15) is 0 Å². The molecule has 5 heteroatoms. The lowest BCUT2D eigenvalue weighted by atomic mass is 9.77. The van der Waals surface area contributed by atoms with Crippen LogP contribution in [-0.2, 0) is 16.0 Å². The fraction of sp³-hybridized carbons (Fsp3) is 0.562. The number of nitrogens with two attached hydrogens (primary N) is 1. The second-order valence-electron chi connectivity index (χ2n) is 5.49. The molecule has 0 aliphatic heterocycles. The van der Waals surface area contributed by atoms with Crippen LogP contribution in [0, 0.1) is 11.3 Å². The van der Waals surface area contributed by atoms with E-state index >= 15 is 0 Å². The summed E-state index contributed by atoms with van der Waals surface area (Å²) in [7, 11) is 4.61. The normalized spacial score (nSPS) is 17.0. The molecule has 0 aromatic heterocycles. The molecule has 1 aliphatic carbocycles. The van der Waals surface area contributed by atoms with Crippen LogP contribution in [0.2, 0.25) is 0 Å². The van der Waals surface area contributed by atoms with E-state index in [1.54, 1.807) is 14.2 Å². The molecule has 1 fully saturated rings. The van der Waals surface area contributed by atoms with Crippen molar-refractivity contribution in [3.63, 3.8) is 0 Å². The van der Waals surface area contributed by atoms with Crippen molar-refractivity contribution in [3.05, 3.63) is 23.8 Å². The molecule has 0 heterocycles. The number of rotatable bonds is 7. The number of hydrogen-bond acceptors (Lipinski definition) is 5. The molecule has 0 saturated heterocycles. The van der Waals surface area contributed by atoms with Crippen molar-refractivity contribution in [1.82, 2.24) is 0 Å². The minimum atomic E-state index is -0.631. The fourth-order valence-electron chi connectivity index (χ4n) is 2.90. The largest absolute Gasteiger partial charge is 0.493 e. The molecule has 1 aromatic carbocycles. The van der Waals surface area contributed by atoms with Crippen LogP contribution in [0.4, 0.5) is 0 Å². The van der Waals surface area contributed by atoms with Crippen LogP contribution < -0.4 is 15.2 Å². The first-order valence-electron chi connectivity index (χ1n) is 7.10. The third kappa shape index (κ3) is 2.97. The zero-order valence-corrected chi connectivity index (χ0v) is 12.8. The maximum atomic E-state index is 12.3. The number of ether oxygens (including phenoxy) is 3. The first-order valence-corrected chi connectivity index (χ1v) is 7.10. The molecule has 1 saturated carbocycles. The third-order valence-corrected chi connectivity index (χ3v) is 4.28. The van der Waals surface area contributed by atoms with Gasteiger partial charge in [-0.25, -0.2) is 0 Å². The van der Waals surface area contributed by atoms with Crippen LogP contribution in [0.1, 0.15) is 18.4 Å². The fourth-order valence-corrected chi connectivity index (χ4v) is 2.90. The van der Waals surface area contributed by atoms with Gasteiger partial charge >= 0.3 is 5.97 Å². The van der Waals surface area contributed by atoms with E-state index in [2.05, 4.69) is 0 Å². The maximum Gasteiger partial charge on any atom is 0.313 e. The van der Waals surface area contributed by atoms with Crippen molar-refractivity contribution in [3.8, 4) is 11.5 Å². The Morgan fingerprint density at radius 3 is 2.38 bits per heavy atom. The molecular weight excluding hydrogens is 270 g/mol. The number of hydrogen-bond donors (Lipinski definition) is 1. The molecular formula is C16H23NO4. The highest BCUT2D eigenvalue weighted by molar-refractivity contribution is 5.78. The summed E-state index contributed by atoms with van der Waals surface area (Å²) in [5, 5.41) is 0. The van der Waals surface area contributed by atoms with E-state index < -0.39 is 5.41 Å². The van der Waals surface area contributed by atoms with Gasteiger partial charge in [-0.15, -0.1) is 0 Å². The lowest BCUT2D eigenvalue weighted by molar-refractivity contribution is -0.153. The number of carbonyl (C=O) groups is 1. The molecule has 1 aromatic rings. The Balaban J connectivity index is 2.30. The van der Waals surface area contributed by atoms with Gasteiger partial charge in [0.05, 0.1) is 26.7 Å². The Labute approximate surface area is 125 Å². The van der Waals surface area contributed by atoms with Crippen molar-refractivity contribution in [2.45, 2.75) is 19.3 Å². The SMILES string of the molecule is COC(=O)C(CN)(Cc1ccc(OC)c(OC)c1)C1CC1. The molecule has 1 atom stereocenters. The number of methoxy groups -OCH3 is 3. The van der Waals surface area contributed by atoms with E-state index in [1.165, 1.54) is 7.11 Å². The Hall–Kier alpha value is -1.75. The Morgan fingerprint density at radius 2 is 1.90 bits per heavy atom.